The van der Waals surface area contributed by atoms with Gasteiger partial charge in [0.2, 0.25) is 0 Å². The number of aryl methyl sites for hydroxylation is 1. The van der Waals surface area contributed by atoms with Gasteiger partial charge in [0.25, 0.3) is 0 Å². The minimum atomic E-state index is -0.615. The largest absolute Gasteiger partial charge is 0.330 e. The lowest BCUT2D eigenvalue weighted by Gasteiger charge is -2.10. The van der Waals surface area contributed by atoms with Crippen LogP contribution in [0.1, 0.15) is 18.2 Å². The Bertz CT molecular complexity index is 582. The van der Waals surface area contributed by atoms with Crippen molar-refractivity contribution in [1.82, 2.24) is 4.98 Å². The zero-order chi connectivity index (χ0) is 13.3. The van der Waals surface area contributed by atoms with E-state index in [1.807, 2.05) is 19.9 Å². The molecule has 0 saturated carbocycles. The second-order valence-electron chi connectivity index (χ2n) is 4.76. The molecule has 0 fully saturated rings. The molecule has 0 spiro atoms. The number of pyridine rings is 1. The highest BCUT2D eigenvalue weighted by molar-refractivity contribution is 5.82. The highest BCUT2D eigenvalue weighted by Crippen LogP contribution is 2.23. The van der Waals surface area contributed by atoms with Crippen LogP contribution in [0.5, 0.6) is 0 Å². The average molecular weight is 250 g/mol. The third-order valence-electron chi connectivity index (χ3n) is 3.05. The maximum Gasteiger partial charge on any atom is 0.152 e. The van der Waals surface area contributed by atoms with Crippen LogP contribution < -0.4 is 5.73 Å². The Hall–Kier alpha value is -1.55. The standard InChI is InChI=1S/C14H16F2N2/c1-8(7-17)3-11-4-9(2)12-5-10(15)6-13(16)14(12)18-11/h4-6,8H,3,7,17H2,1-2H3. The number of nitrogens with two attached hydrogens (primary N) is 1. The predicted molar refractivity (Wildman–Crippen MR) is 68.3 cm³/mol. The number of halogens is 2. The van der Waals surface area contributed by atoms with E-state index in [0.717, 1.165) is 17.3 Å². The summed E-state index contributed by atoms with van der Waals surface area (Å²) in [7, 11) is 0. The normalized spacial score (nSPS) is 12.9. The van der Waals surface area contributed by atoms with Gasteiger partial charge in [-0.25, -0.2) is 13.8 Å². The Balaban J connectivity index is 2.54. The van der Waals surface area contributed by atoms with E-state index in [4.69, 9.17) is 5.73 Å². The number of hydrogen-bond acceptors (Lipinski definition) is 2. The molecule has 1 aromatic carbocycles. The molecule has 0 aliphatic heterocycles. The van der Waals surface area contributed by atoms with Crippen LogP contribution in [0.25, 0.3) is 10.9 Å². The van der Waals surface area contributed by atoms with Crippen molar-refractivity contribution in [3.05, 3.63) is 41.1 Å². The number of benzene rings is 1. The highest BCUT2D eigenvalue weighted by Gasteiger charge is 2.11. The van der Waals surface area contributed by atoms with Gasteiger partial charge < -0.3 is 5.73 Å². The minimum absolute atomic E-state index is 0.232. The Labute approximate surface area is 105 Å². The molecule has 0 radical (unpaired) electrons. The maximum absolute atomic E-state index is 13.7. The summed E-state index contributed by atoms with van der Waals surface area (Å²) in [5.74, 6) is -0.902. The van der Waals surface area contributed by atoms with Crippen molar-refractivity contribution in [2.75, 3.05) is 6.54 Å². The van der Waals surface area contributed by atoms with Gasteiger partial charge in [0, 0.05) is 17.1 Å². The molecule has 0 aliphatic carbocycles. The van der Waals surface area contributed by atoms with Crippen LogP contribution in [0.15, 0.2) is 18.2 Å². The van der Waals surface area contributed by atoms with Crippen molar-refractivity contribution < 1.29 is 8.78 Å². The van der Waals surface area contributed by atoms with Gasteiger partial charge in [-0.2, -0.15) is 0 Å². The number of aromatic nitrogens is 1. The lowest BCUT2D eigenvalue weighted by Crippen LogP contribution is -2.14. The monoisotopic (exact) mass is 250 g/mol. The molecule has 0 aliphatic rings. The first kappa shape index (κ1) is 12.9. The summed E-state index contributed by atoms with van der Waals surface area (Å²) in [6.07, 6.45) is 0.699. The van der Waals surface area contributed by atoms with E-state index in [1.165, 1.54) is 6.07 Å². The van der Waals surface area contributed by atoms with E-state index >= 15 is 0 Å². The number of rotatable bonds is 3. The summed E-state index contributed by atoms with van der Waals surface area (Å²) in [4.78, 5) is 4.27. The molecule has 1 aromatic heterocycles. The molecule has 1 atom stereocenters. The SMILES string of the molecule is Cc1cc(CC(C)CN)nc2c(F)cc(F)cc12. The van der Waals surface area contributed by atoms with Crippen LogP contribution in [0.4, 0.5) is 8.78 Å². The van der Waals surface area contributed by atoms with Gasteiger partial charge in [0.15, 0.2) is 5.82 Å². The summed E-state index contributed by atoms with van der Waals surface area (Å²) in [6, 6.07) is 4.05. The molecule has 2 rings (SSSR count). The first-order valence-corrected chi connectivity index (χ1v) is 5.96. The summed E-state index contributed by atoms with van der Waals surface area (Å²) < 4.78 is 26.9. The summed E-state index contributed by atoms with van der Waals surface area (Å²) in [6.45, 7) is 4.41. The predicted octanol–water partition coefficient (Wildman–Crippen LogP) is 2.96. The van der Waals surface area contributed by atoms with Crippen LogP contribution >= 0.6 is 0 Å². The average Bonchev–Trinajstić information content (AvgIpc) is 2.30. The molecule has 2 aromatic rings. The molecule has 4 heteroatoms. The van der Waals surface area contributed by atoms with E-state index in [2.05, 4.69) is 4.98 Å². The number of hydrogen-bond donors (Lipinski definition) is 1. The Morgan fingerprint density at radius 1 is 1.28 bits per heavy atom. The molecule has 96 valence electrons. The van der Waals surface area contributed by atoms with Gasteiger partial charge in [0.05, 0.1) is 0 Å². The Morgan fingerprint density at radius 2 is 2.00 bits per heavy atom. The van der Waals surface area contributed by atoms with Crippen LogP contribution in [0, 0.1) is 24.5 Å². The van der Waals surface area contributed by atoms with Gasteiger partial charge >= 0.3 is 0 Å². The van der Waals surface area contributed by atoms with Crippen molar-refractivity contribution in [1.29, 1.82) is 0 Å². The fourth-order valence-electron chi connectivity index (χ4n) is 2.03. The number of nitrogens with zero attached hydrogens (tertiary/aromatic N) is 1. The van der Waals surface area contributed by atoms with E-state index in [0.29, 0.717) is 18.4 Å². The summed E-state index contributed by atoms with van der Waals surface area (Å²) in [5.41, 5.74) is 7.43. The third-order valence-corrected chi connectivity index (χ3v) is 3.05. The molecule has 0 bridgehead atoms. The zero-order valence-electron chi connectivity index (χ0n) is 10.5. The van der Waals surface area contributed by atoms with E-state index in [9.17, 15) is 8.78 Å². The van der Waals surface area contributed by atoms with Gasteiger partial charge in [-0.1, -0.05) is 6.92 Å². The Morgan fingerprint density at radius 3 is 2.67 bits per heavy atom. The van der Waals surface area contributed by atoms with Crippen molar-refractivity contribution in [2.45, 2.75) is 20.3 Å². The van der Waals surface area contributed by atoms with Gasteiger partial charge in [-0.05, 0) is 43.5 Å². The van der Waals surface area contributed by atoms with Crippen LogP contribution in [0.3, 0.4) is 0 Å². The van der Waals surface area contributed by atoms with Crippen LogP contribution in [-0.4, -0.2) is 11.5 Å². The summed E-state index contributed by atoms with van der Waals surface area (Å²) >= 11 is 0. The maximum atomic E-state index is 13.7. The third kappa shape index (κ3) is 2.48. The summed E-state index contributed by atoms with van der Waals surface area (Å²) in [5, 5.41) is 0.525. The van der Waals surface area contributed by atoms with Crippen LogP contribution in [0.2, 0.25) is 0 Å². The lowest BCUT2D eigenvalue weighted by atomic mass is 10.0. The van der Waals surface area contributed by atoms with Gasteiger partial charge in [-0.3, -0.25) is 0 Å². The van der Waals surface area contributed by atoms with Crippen LogP contribution in [-0.2, 0) is 6.42 Å². The van der Waals surface area contributed by atoms with Crippen molar-refractivity contribution in [2.24, 2.45) is 11.7 Å². The molecule has 18 heavy (non-hydrogen) atoms. The molecular weight excluding hydrogens is 234 g/mol. The lowest BCUT2D eigenvalue weighted by molar-refractivity contribution is 0.579. The second kappa shape index (κ2) is 4.98. The van der Waals surface area contributed by atoms with Gasteiger partial charge in [-0.15, -0.1) is 0 Å². The molecule has 1 heterocycles. The molecule has 2 nitrogen and oxygen atoms in total. The topological polar surface area (TPSA) is 38.9 Å². The van der Waals surface area contributed by atoms with Crippen molar-refractivity contribution in [3.8, 4) is 0 Å². The molecule has 0 saturated heterocycles. The minimum Gasteiger partial charge on any atom is -0.330 e. The van der Waals surface area contributed by atoms with E-state index in [-0.39, 0.29) is 11.4 Å². The smallest absolute Gasteiger partial charge is 0.152 e. The first-order chi connectivity index (χ1) is 8.51. The molecule has 0 amide bonds. The molecule has 2 N–H and O–H groups in total. The molecular formula is C14H16F2N2. The first-order valence-electron chi connectivity index (χ1n) is 5.96. The second-order valence-corrected chi connectivity index (χ2v) is 4.76. The fraction of sp³-hybridized carbons (Fsp3) is 0.357. The number of fused-ring (bicyclic) bond motifs is 1. The highest BCUT2D eigenvalue weighted by atomic mass is 19.1. The van der Waals surface area contributed by atoms with Crippen molar-refractivity contribution in [3.63, 3.8) is 0 Å². The fourth-order valence-corrected chi connectivity index (χ4v) is 2.03. The quantitative estimate of drug-likeness (QED) is 0.909. The van der Waals surface area contributed by atoms with Gasteiger partial charge in [0.1, 0.15) is 11.3 Å². The van der Waals surface area contributed by atoms with E-state index < -0.39 is 11.6 Å². The van der Waals surface area contributed by atoms with E-state index in [1.54, 1.807) is 0 Å². The zero-order valence-corrected chi connectivity index (χ0v) is 10.5. The molecule has 1 unspecified atom stereocenters. The van der Waals surface area contributed by atoms with Crippen molar-refractivity contribution >= 4 is 10.9 Å². The Kier molecular flexibility index (Phi) is 3.57.